The van der Waals surface area contributed by atoms with Crippen molar-refractivity contribution in [1.29, 1.82) is 0 Å². The summed E-state index contributed by atoms with van der Waals surface area (Å²) >= 11 is 1.23. The number of amides is 1. The van der Waals surface area contributed by atoms with E-state index in [2.05, 4.69) is 17.4 Å². The number of anilines is 1. The molecule has 1 aliphatic rings. The van der Waals surface area contributed by atoms with E-state index in [0.717, 1.165) is 5.56 Å². The van der Waals surface area contributed by atoms with Crippen molar-refractivity contribution in [3.05, 3.63) is 40.8 Å². The Morgan fingerprint density at radius 1 is 1.10 bits per heavy atom. The number of carbonyl (C=O) groups is 3. The number of thiophene rings is 1. The fraction of sp³-hybridized carbons (Fsp3) is 0.458. The molecule has 1 aromatic carbocycles. The van der Waals surface area contributed by atoms with Gasteiger partial charge in [-0.3, -0.25) is 4.79 Å². The maximum absolute atomic E-state index is 12.8. The summed E-state index contributed by atoms with van der Waals surface area (Å²) in [6.45, 7) is 3.53. The van der Waals surface area contributed by atoms with Crippen molar-refractivity contribution in [2.24, 2.45) is 0 Å². The first kappa shape index (κ1) is 23.0. The molecule has 1 aromatic heterocycles. The minimum atomic E-state index is -1.29. The van der Waals surface area contributed by atoms with Crippen LogP contribution in [0.5, 0.6) is 0 Å². The molecule has 0 radical (unpaired) electrons. The standard InChI is InChI=1S/C24H29NO5S/c1-15(2)30-24(29)22-19(14-31-23(22)25-20(26)12-13-21(27)28)18-10-8-17(9-11-18)16-6-4-3-5-7-16/h8-11,14-16H,3-7,12-13H2,1-2H3,(H,25,26)(H,27,28)/p-1. The molecule has 0 saturated heterocycles. The van der Waals surface area contributed by atoms with Gasteiger partial charge >= 0.3 is 5.97 Å². The summed E-state index contributed by atoms with van der Waals surface area (Å²) in [7, 11) is 0. The van der Waals surface area contributed by atoms with Crippen LogP contribution in [0, 0.1) is 0 Å². The van der Waals surface area contributed by atoms with Gasteiger partial charge in [-0.1, -0.05) is 43.5 Å². The predicted octanol–water partition coefficient (Wildman–Crippen LogP) is 4.50. The van der Waals surface area contributed by atoms with Crippen molar-refractivity contribution in [1.82, 2.24) is 0 Å². The molecular formula is C24H28NO5S-. The number of carboxylic acid groups (broad SMARTS) is 1. The van der Waals surface area contributed by atoms with Crippen LogP contribution in [-0.4, -0.2) is 23.9 Å². The number of carboxylic acids is 1. The molecule has 3 rings (SSSR count). The highest BCUT2D eigenvalue weighted by Gasteiger charge is 2.24. The van der Waals surface area contributed by atoms with Crippen LogP contribution in [-0.2, 0) is 14.3 Å². The van der Waals surface area contributed by atoms with Crippen LogP contribution in [0.15, 0.2) is 29.6 Å². The second-order valence-electron chi connectivity index (χ2n) is 8.18. The van der Waals surface area contributed by atoms with Gasteiger partial charge in [0.1, 0.15) is 10.6 Å². The van der Waals surface area contributed by atoms with Crippen molar-refractivity contribution in [3.8, 4) is 11.1 Å². The second-order valence-corrected chi connectivity index (χ2v) is 9.06. The Hall–Kier alpha value is -2.67. The maximum atomic E-state index is 12.8. The van der Waals surface area contributed by atoms with Crippen LogP contribution in [0.3, 0.4) is 0 Å². The van der Waals surface area contributed by atoms with Crippen molar-refractivity contribution in [3.63, 3.8) is 0 Å². The number of hydrogen-bond acceptors (Lipinski definition) is 6. The molecule has 0 atom stereocenters. The number of esters is 1. The highest BCUT2D eigenvalue weighted by molar-refractivity contribution is 7.15. The van der Waals surface area contributed by atoms with Crippen LogP contribution in [0.2, 0.25) is 0 Å². The second kappa shape index (κ2) is 10.6. The lowest BCUT2D eigenvalue weighted by Crippen LogP contribution is -2.24. The maximum Gasteiger partial charge on any atom is 0.342 e. The highest BCUT2D eigenvalue weighted by atomic mass is 32.1. The minimum Gasteiger partial charge on any atom is -0.550 e. The topological polar surface area (TPSA) is 95.5 Å². The zero-order valence-electron chi connectivity index (χ0n) is 17.9. The van der Waals surface area contributed by atoms with Crippen LogP contribution in [0.1, 0.15) is 80.6 Å². The monoisotopic (exact) mass is 442 g/mol. The molecule has 6 nitrogen and oxygen atoms in total. The van der Waals surface area contributed by atoms with E-state index in [-0.39, 0.29) is 18.9 Å². The lowest BCUT2D eigenvalue weighted by molar-refractivity contribution is -0.305. The number of ether oxygens (including phenoxy) is 1. The average molecular weight is 443 g/mol. The molecule has 1 aliphatic carbocycles. The lowest BCUT2D eigenvalue weighted by atomic mass is 9.83. The smallest absolute Gasteiger partial charge is 0.342 e. The van der Waals surface area contributed by atoms with Gasteiger partial charge in [0.05, 0.1) is 6.10 Å². The largest absolute Gasteiger partial charge is 0.550 e. The van der Waals surface area contributed by atoms with Crippen LogP contribution < -0.4 is 10.4 Å². The van der Waals surface area contributed by atoms with Crippen LogP contribution in [0.4, 0.5) is 5.00 Å². The first-order valence-corrected chi connectivity index (χ1v) is 11.7. The third-order valence-electron chi connectivity index (χ3n) is 5.45. The number of rotatable bonds is 8. The van der Waals surface area contributed by atoms with E-state index in [1.54, 1.807) is 13.8 Å². The Labute approximate surface area is 186 Å². The van der Waals surface area contributed by atoms with E-state index in [9.17, 15) is 19.5 Å². The fourth-order valence-corrected chi connectivity index (χ4v) is 4.89. The molecule has 1 heterocycles. The van der Waals surface area contributed by atoms with Gasteiger partial charge in [0.25, 0.3) is 0 Å². The third kappa shape index (κ3) is 6.17. The molecule has 1 amide bonds. The molecule has 7 heteroatoms. The van der Waals surface area contributed by atoms with Crippen molar-refractivity contribution in [2.75, 3.05) is 5.32 Å². The predicted molar refractivity (Wildman–Crippen MR) is 119 cm³/mol. The van der Waals surface area contributed by atoms with E-state index >= 15 is 0 Å². The minimum absolute atomic E-state index is 0.218. The Morgan fingerprint density at radius 2 is 1.77 bits per heavy atom. The number of aliphatic carboxylic acids is 1. The molecule has 1 saturated carbocycles. The van der Waals surface area contributed by atoms with E-state index < -0.39 is 17.8 Å². The summed E-state index contributed by atoms with van der Waals surface area (Å²) in [4.78, 5) is 35.6. The third-order valence-corrected chi connectivity index (χ3v) is 6.34. The van der Waals surface area contributed by atoms with E-state index in [1.807, 2.05) is 17.5 Å². The van der Waals surface area contributed by atoms with Crippen LogP contribution in [0.25, 0.3) is 11.1 Å². The first-order chi connectivity index (χ1) is 14.8. The molecule has 0 aliphatic heterocycles. The summed E-state index contributed by atoms with van der Waals surface area (Å²) in [6, 6.07) is 8.27. The molecular weight excluding hydrogens is 414 g/mol. The number of benzene rings is 1. The summed E-state index contributed by atoms with van der Waals surface area (Å²) < 4.78 is 5.41. The summed E-state index contributed by atoms with van der Waals surface area (Å²) in [5.41, 5.74) is 3.19. The van der Waals surface area contributed by atoms with E-state index in [4.69, 9.17) is 4.74 Å². The molecule has 0 spiro atoms. The fourth-order valence-electron chi connectivity index (χ4n) is 3.91. The van der Waals surface area contributed by atoms with E-state index in [0.29, 0.717) is 22.0 Å². The summed E-state index contributed by atoms with van der Waals surface area (Å²) in [5.74, 6) is -1.70. The van der Waals surface area contributed by atoms with Crippen molar-refractivity contribution < 1.29 is 24.2 Å². The molecule has 0 bridgehead atoms. The van der Waals surface area contributed by atoms with E-state index in [1.165, 1.54) is 49.0 Å². The van der Waals surface area contributed by atoms with Gasteiger partial charge in [0, 0.05) is 23.3 Å². The molecule has 2 aromatic rings. The van der Waals surface area contributed by atoms with Gasteiger partial charge in [0.2, 0.25) is 5.91 Å². The van der Waals surface area contributed by atoms with Gasteiger partial charge in [-0.25, -0.2) is 4.79 Å². The normalized spacial score (nSPS) is 14.4. The summed E-state index contributed by atoms with van der Waals surface area (Å²) in [6.07, 6.45) is 5.37. The van der Waals surface area contributed by atoms with Gasteiger partial charge in [0.15, 0.2) is 0 Å². The lowest BCUT2D eigenvalue weighted by Gasteiger charge is -2.22. The van der Waals surface area contributed by atoms with Crippen molar-refractivity contribution >= 4 is 34.2 Å². The van der Waals surface area contributed by atoms with Gasteiger partial charge in [-0.2, -0.15) is 0 Å². The molecule has 166 valence electrons. The zero-order valence-corrected chi connectivity index (χ0v) is 18.8. The SMILES string of the molecule is CC(C)OC(=O)c1c(-c2ccc(C3CCCCC3)cc2)csc1NC(=O)CCC(=O)[O-]. The van der Waals surface area contributed by atoms with Crippen molar-refractivity contribution in [2.45, 2.75) is 70.8 Å². The number of carbonyl (C=O) groups excluding carboxylic acids is 3. The Morgan fingerprint density at radius 3 is 2.39 bits per heavy atom. The van der Waals surface area contributed by atoms with Gasteiger partial charge in [-0.05, 0) is 50.2 Å². The number of hydrogen-bond donors (Lipinski definition) is 1. The summed E-state index contributed by atoms with van der Waals surface area (Å²) in [5, 5.41) is 15.5. The molecule has 0 unspecified atom stereocenters. The van der Waals surface area contributed by atoms with Crippen LogP contribution >= 0.6 is 11.3 Å². The van der Waals surface area contributed by atoms with Gasteiger partial charge in [-0.15, -0.1) is 11.3 Å². The quantitative estimate of drug-likeness (QED) is 0.608. The zero-order chi connectivity index (χ0) is 22.4. The molecule has 31 heavy (non-hydrogen) atoms. The molecule has 1 fully saturated rings. The van der Waals surface area contributed by atoms with Gasteiger partial charge < -0.3 is 20.0 Å². The molecule has 1 N–H and O–H groups in total. The number of nitrogens with one attached hydrogen (secondary N) is 1. The Balaban J connectivity index is 1.86. The Bertz CT molecular complexity index is 926. The first-order valence-electron chi connectivity index (χ1n) is 10.8. The highest BCUT2D eigenvalue weighted by Crippen LogP contribution is 2.38. The average Bonchev–Trinajstić information content (AvgIpc) is 3.16. The Kier molecular flexibility index (Phi) is 7.85.